The average Bonchev–Trinajstić information content (AvgIpc) is 2.84. The summed E-state index contributed by atoms with van der Waals surface area (Å²) >= 11 is 3.40. The molecule has 5 N–H and O–H groups in total. The van der Waals surface area contributed by atoms with Gasteiger partial charge in [-0.1, -0.05) is 34.1 Å². The number of aliphatic hydroxyl groups excluding tert-OH is 3. The van der Waals surface area contributed by atoms with E-state index in [0.29, 0.717) is 22.2 Å². The van der Waals surface area contributed by atoms with Crippen LogP contribution in [0.2, 0.25) is 0 Å². The van der Waals surface area contributed by atoms with E-state index in [1.807, 2.05) is 0 Å². The summed E-state index contributed by atoms with van der Waals surface area (Å²) < 4.78 is 17.0. The Balaban J connectivity index is 1.73. The Bertz CT molecular complexity index is 1270. The third-order valence-corrected chi connectivity index (χ3v) is 6.05. The van der Waals surface area contributed by atoms with Gasteiger partial charge in [-0.05, 0) is 47.2 Å². The number of anilines is 1. The monoisotopic (exact) mass is 547 g/mol. The highest BCUT2D eigenvalue weighted by atomic mass is 79.9. The zero-order chi connectivity index (χ0) is 25.3. The minimum absolute atomic E-state index is 0.0380. The number of aliphatic carboxylic acids is 1. The van der Waals surface area contributed by atoms with E-state index in [2.05, 4.69) is 21.2 Å². The third kappa shape index (κ3) is 5.09. The highest BCUT2D eigenvalue weighted by Crippen LogP contribution is 2.33. The van der Waals surface area contributed by atoms with Gasteiger partial charge in [0, 0.05) is 4.47 Å². The molecule has 5 atom stereocenters. The predicted octanol–water partition coefficient (Wildman–Crippen LogP) is 2.13. The molecule has 4 rings (SSSR count). The molecule has 1 aliphatic rings. The number of carbonyl (C=O) groups excluding carboxylic acids is 1. The maximum atomic E-state index is 13.3. The average molecular weight is 548 g/mol. The minimum atomic E-state index is -1.87. The Labute approximate surface area is 207 Å². The normalized spacial score (nSPS) is 24.1. The van der Waals surface area contributed by atoms with Crippen LogP contribution in [0.5, 0.6) is 11.5 Å². The number of carboxylic acid groups (broad SMARTS) is 1. The lowest BCUT2D eigenvalue weighted by Gasteiger charge is -2.38. The summed E-state index contributed by atoms with van der Waals surface area (Å²) in [6.07, 6.45) is -9.03. The fraction of sp³-hybridized carbons (Fsp3) is 0.250. The van der Waals surface area contributed by atoms with Crippen LogP contribution in [0, 0.1) is 0 Å². The number of aliphatic hydroxyl groups is 3. The molecule has 184 valence electrons. The predicted molar refractivity (Wildman–Crippen MR) is 128 cm³/mol. The van der Waals surface area contributed by atoms with E-state index >= 15 is 0 Å². The van der Waals surface area contributed by atoms with Crippen LogP contribution in [-0.4, -0.2) is 70.1 Å². The van der Waals surface area contributed by atoms with E-state index in [9.17, 15) is 30.0 Å². The number of carboxylic acids is 1. The Hall–Kier alpha value is -3.22. The molecule has 0 radical (unpaired) electrons. The van der Waals surface area contributed by atoms with Crippen molar-refractivity contribution in [3.8, 4) is 11.5 Å². The smallest absolute Gasteiger partial charge is 0.335 e. The summed E-state index contributed by atoms with van der Waals surface area (Å²) in [5, 5.41) is 43.9. The standard InChI is InChI=1S/C24H22BrNO9/c1-33-16-5-3-2-4-15(16)26-22(30)14-9-12-8-13(25)7-6-11(12)10-17(14)34-24-20(29)18(27)19(28)21(35-24)23(31)32/h2-10,18-21,24,27-29H,1H3,(H,26,30)(H,31,32)/t18-,19+,20-,21+,24-/m1/s1. The lowest BCUT2D eigenvalue weighted by Crippen LogP contribution is -2.61. The molecule has 0 aromatic heterocycles. The Morgan fingerprint density at radius 1 is 0.943 bits per heavy atom. The topological polar surface area (TPSA) is 155 Å². The van der Waals surface area contributed by atoms with Gasteiger partial charge >= 0.3 is 5.97 Å². The number of para-hydroxylation sites is 2. The van der Waals surface area contributed by atoms with Crippen molar-refractivity contribution in [2.45, 2.75) is 30.7 Å². The molecule has 11 heteroatoms. The number of amides is 1. The third-order valence-electron chi connectivity index (χ3n) is 5.56. The molecule has 0 spiro atoms. The van der Waals surface area contributed by atoms with Gasteiger partial charge in [0.1, 0.15) is 29.8 Å². The molecule has 0 aliphatic carbocycles. The van der Waals surface area contributed by atoms with Crippen molar-refractivity contribution in [1.82, 2.24) is 0 Å². The van der Waals surface area contributed by atoms with Crippen LogP contribution in [-0.2, 0) is 9.53 Å². The summed E-state index contributed by atoms with van der Waals surface area (Å²) in [7, 11) is 1.47. The van der Waals surface area contributed by atoms with Gasteiger partial charge in [-0.15, -0.1) is 0 Å². The summed E-state index contributed by atoms with van der Waals surface area (Å²) in [5.74, 6) is -1.73. The number of methoxy groups -OCH3 is 1. The second-order valence-corrected chi connectivity index (χ2v) is 8.76. The van der Waals surface area contributed by atoms with E-state index in [1.54, 1.807) is 48.5 Å². The van der Waals surface area contributed by atoms with Crippen molar-refractivity contribution < 1.29 is 44.2 Å². The number of hydrogen-bond donors (Lipinski definition) is 5. The molecule has 35 heavy (non-hydrogen) atoms. The number of halogens is 1. The van der Waals surface area contributed by atoms with Gasteiger partial charge in [-0.25, -0.2) is 4.79 Å². The van der Waals surface area contributed by atoms with E-state index in [-0.39, 0.29) is 11.3 Å². The fourth-order valence-electron chi connectivity index (χ4n) is 3.73. The molecule has 1 fully saturated rings. The van der Waals surface area contributed by atoms with E-state index in [1.165, 1.54) is 13.2 Å². The van der Waals surface area contributed by atoms with Crippen molar-refractivity contribution in [3.63, 3.8) is 0 Å². The summed E-state index contributed by atoms with van der Waals surface area (Å²) in [4.78, 5) is 24.7. The van der Waals surface area contributed by atoms with Crippen molar-refractivity contribution in [1.29, 1.82) is 0 Å². The van der Waals surface area contributed by atoms with Crippen LogP contribution in [0.15, 0.2) is 59.1 Å². The molecular weight excluding hydrogens is 526 g/mol. The number of hydrogen-bond acceptors (Lipinski definition) is 8. The maximum Gasteiger partial charge on any atom is 0.335 e. The molecule has 1 aliphatic heterocycles. The lowest BCUT2D eigenvalue weighted by molar-refractivity contribution is -0.271. The van der Waals surface area contributed by atoms with Crippen LogP contribution >= 0.6 is 15.9 Å². The number of fused-ring (bicyclic) bond motifs is 1. The number of nitrogens with one attached hydrogen (secondary N) is 1. The van der Waals surface area contributed by atoms with Crippen molar-refractivity contribution in [2.24, 2.45) is 0 Å². The molecule has 1 heterocycles. The molecule has 3 aromatic carbocycles. The van der Waals surface area contributed by atoms with Gasteiger partial charge < -0.3 is 40.0 Å². The van der Waals surface area contributed by atoms with Crippen LogP contribution < -0.4 is 14.8 Å². The second kappa shape index (κ2) is 10.2. The summed E-state index contributed by atoms with van der Waals surface area (Å²) in [5.41, 5.74) is 0.448. The SMILES string of the molecule is COc1ccccc1NC(=O)c1cc2cc(Br)ccc2cc1O[C@@H]1O[C@H](C(=O)O)[C@@H](O)[C@@H](O)[C@H]1O. The molecule has 1 saturated heterocycles. The first-order valence-corrected chi connectivity index (χ1v) is 11.3. The first kappa shape index (κ1) is 24.9. The van der Waals surface area contributed by atoms with E-state index in [4.69, 9.17) is 14.2 Å². The van der Waals surface area contributed by atoms with Gasteiger partial charge in [0.15, 0.2) is 6.10 Å². The quantitative estimate of drug-likeness (QED) is 0.312. The second-order valence-electron chi connectivity index (χ2n) is 7.85. The van der Waals surface area contributed by atoms with Crippen LogP contribution in [0.1, 0.15) is 10.4 Å². The first-order valence-electron chi connectivity index (χ1n) is 10.5. The lowest BCUT2D eigenvalue weighted by atomic mass is 9.99. The van der Waals surface area contributed by atoms with Crippen molar-refractivity contribution in [2.75, 3.05) is 12.4 Å². The van der Waals surface area contributed by atoms with E-state index < -0.39 is 42.6 Å². The molecule has 10 nitrogen and oxygen atoms in total. The molecule has 3 aromatic rings. The van der Waals surface area contributed by atoms with Crippen molar-refractivity contribution in [3.05, 3.63) is 64.6 Å². The van der Waals surface area contributed by atoms with Crippen LogP contribution in [0.3, 0.4) is 0 Å². The molecule has 0 saturated carbocycles. The highest BCUT2D eigenvalue weighted by Gasteiger charge is 2.48. The highest BCUT2D eigenvalue weighted by molar-refractivity contribution is 9.10. The Morgan fingerprint density at radius 3 is 2.40 bits per heavy atom. The summed E-state index contributed by atoms with van der Waals surface area (Å²) in [6, 6.07) is 15.2. The number of rotatable bonds is 6. The Kier molecular flexibility index (Phi) is 7.24. The maximum absolute atomic E-state index is 13.3. The molecule has 0 unspecified atom stereocenters. The molecule has 0 bridgehead atoms. The van der Waals surface area contributed by atoms with Gasteiger partial charge in [0.25, 0.3) is 5.91 Å². The van der Waals surface area contributed by atoms with Gasteiger partial charge in [0.05, 0.1) is 18.4 Å². The number of ether oxygens (including phenoxy) is 3. The Morgan fingerprint density at radius 2 is 1.69 bits per heavy atom. The van der Waals surface area contributed by atoms with Crippen LogP contribution in [0.4, 0.5) is 5.69 Å². The zero-order valence-electron chi connectivity index (χ0n) is 18.3. The van der Waals surface area contributed by atoms with Gasteiger partial charge in [-0.3, -0.25) is 4.79 Å². The molecule has 1 amide bonds. The van der Waals surface area contributed by atoms with Gasteiger partial charge in [-0.2, -0.15) is 0 Å². The number of benzene rings is 3. The van der Waals surface area contributed by atoms with Crippen molar-refractivity contribution >= 4 is 44.3 Å². The summed E-state index contributed by atoms with van der Waals surface area (Å²) in [6.45, 7) is 0. The minimum Gasteiger partial charge on any atom is -0.495 e. The molecular formula is C24H22BrNO9. The zero-order valence-corrected chi connectivity index (χ0v) is 19.9. The van der Waals surface area contributed by atoms with E-state index in [0.717, 1.165) is 4.47 Å². The largest absolute Gasteiger partial charge is 0.495 e. The van der Waals surface area contributed by atoms with Gasteiger partial charge in [0.2, 0.25) is 6.29 Å². The fourth-order valence-corrected chi connectivity index (χ4v) is 4.11. The number of carbonyl (C=O) groups is 2. The van der Waals surface area contributed by atoms with Crippen LogP contribution in [0.25, 0.3) is 10.8 Å². The first-order chi connectivity index (χ1) is 16.7.